The van der Waals surface area contributed by atoms with Gasteiger partial charge in [0, 0.05) is 22.1 Å². The van der Waals surface area contributed by atoms with E-state index in [9.17, 15) is 0 Å². The minimum atomic E-state index is 0.367. The van der Waals surface area contributed by atoms with E-state index in [1.54, 1.807) is 18.3 Å². The quantitative estimate of drug-likeness (QED) is 0.520. The van der Waals surface area contributed by atoms with Crippen LogP contribution in [0.15, 0.2) is 52.8 Å². The summed E-state index contributed by atoms with van der Waals surface area (Å²) in [7, 11) is 0. The molecule has 3 rings (SSSR count). The summed E-state index contributed by atoms with van der Waals surface area (Å²) in [5, 5.41) is 10.5. The molecule has 0 aliphatic carbocycles. The number of nitrogens with zero attached hydrogens (tertiary/aromatic N) is 2. The molecule has 1 heterocycles. The third kappa shape index (κ3) is 2.52. The third-order valence-electron chi connectivity index (χ3n) is 2.81. The molecular formula is C14H8Cl3N3. The Morgan fingerprint density at radius 3 is 2.35 bits per heavy atom. The van der Waals surface area contributed by atoms with Crippen molar-refractivity contribution >= 4 is 57.1 Å². The van der Waals surface area contributed by atoms with E-state index in [2.05, 4.69) is 15.2 Å². The van der Waals surface area contributed by atoms with Crippen LogP contribution in [0.3, 0.4) is 0 Å². The fraction of sp³-hybridized carbons (Fsp3) is 0. The lowest BCUT2D eigenvalue weighted by atomic mass is 10.2. The summed E-state index contributed by atoms with van der Waals surface area (Å²) in [6.45, 7) is 0. The summed E-state index contributed by atoms with van der Waals surface area (Å²) in [6, 6.07) is 11.0. The molecule has 0 spiro atoms. The number of aromatic amines is 1. The van der Waals surface area contributed by atoms with Gasteiger partial charge in [0.15, 0.2) is 0 Å². The van der Waals surface area contributed by atoms with Crippen molar-refractivity contribution < 1.29 is 0 Å². The van der Waals surface area contributed by atoms with Gasteiger partial charge in [0.2, 0.25) is 0 Å². The molecule has 0 amide bonds. The average molecular weight is 325 g/mol. The van der Waals surface area contributed by atoms with Gasteiger partial charge >= 0.3 is 0 Å². The summed E-state index contributed by atoms with van der Waals surface area (Å²) in [5.74, 6) is 0. The molecule has 0 saturated carbocycles. The van der Waals surface area contributed by atoms with Crippen LogP contribution in [-0.4, -0.2) is 4.98 Å². The summed E-state index contributed by atoms with van der Waals surface area (Å²) < 4.78 is 0. The predicted octanol–water partition coefficient (Wildman–Crippen LogP) is 6.54. The fourth-order valence-electron chi connectivity index (χ4n) is 1.87. The minimum absolute atomic E-state index is 0.367. The molecule has 0 fully saturated rings. The number of aromatic nitrogens is 1. The Morgan fingerprint density at radius 2 is 1.60 bits per heavy atom. The Hall–Kier alpha value is -1.55. The van der Waals surface area contributed by atoms with E-state index >= 15 is 0 Å². The van der Waals surface area contributed by atoms with Crippen LogP contribution >= 0.6 is 34.8 Å². The van der Waals surface area contributed by atoms with Gasteiger partial charge in [0.1, 0.15) is 11.4 Å². The summed E-state index contributed by atoms with van der Waals surface area (Å²) >= 11 is 18.0. The number of hydrogen-bond acceptors (Lipinski definition) is 2. The lowest BCUT2D eigenvalue weighted by Crippen LogP contribution is -1.72. The molecule has 20 heavy (non-hydrogen) atoms. The number of halogens is 3. The zero-order valence-corrected chi connectivity index (χ0v) is 12.3. The molecule has 1 aromatic heterocycles. The van der Waals surface area contributed by atoms with Crippen molar-refractivity contribution in [2.45, 2.75) is 0 Å². The third-order valence-corrected chi connectivity index (χ3v) is 3.60. The molecule has 0 aliphatic rings. The first-order valence-electron chi connectivity index (χ1n) is 5.77. The maximum Gasteiger partial charge on any atom is 0.123 e. The minimum Gasteiger partial charge on any atom is -0.359 e. The number of hydrogen-bond donors (Lipinski definition) is 1. The van der Waals surface area contributed by atoms with Crippen LogP contribution in [0.2, 0.25) is 15.1 Å². The van der Waals surface area contributed by atoms with Crippen LogP contribution in [0.4, 0.5) is 11.4 Å². The first kappa shape index (κ1) is 13.4. The number of nitrogens with one attached hydrogen (secondary N) is 1. The van der Waals surface area contributed by atoms with Gasteiger partial charge in [0.25, 0.3) is 0 Å². The highest BCUT2D eigenvalue weighted by Gasteiger charge is 2.08. The lowest BCUT2D eigenvalue weighted by molar-refractivity contribution is 1.24. The first-order chi connectivity index (χ1) is 9.65. The van der Waals surface area contributed by atoms with Gasteiger partial charge < -0.3 is 4.98 Å². The zero-order chi connectivity index (χ0) is 14.1. The van der Waals surface area contributed by atoms with Crippen LogP contribution in [-0.2, 0) is 0 Å². The number of fused-ring (bicyclic) bond motifs is 1. The molecule has 0 saturated heterocycles. The largest absolute Gasteiger partial charge is 0.359 e. The number of benzene rings is 2. The topological polar surface area (TPSA) is 40.5 Å². The number of H-pyrrole nitrogens is 1. The van der Waals surface area contributed by atoms with Crippen molar-refractivity contribution in [1.29, 1.82) is 0 Å². The molecule has 0 radical (unpaired) electrons. The van der Waals surface area contributed by atoms with Gasteiger partial charge in [0.05, 0.1) is 10.0 Å². The Labute approximate surface area is 130 Å². The van der Waals surface area contributed by atoms with E-state index in [-0.39, 0.29) is 0 Å². The molecule has 0 atom stereocenters. The number of rotatable bonds is 2. The molecule has 0 bridgehead atoms. The summed E-state index contributed by atoms with van der Waals surface area (Å²) in [5.41, 5.74) is 2.13. The van der Waals surface area contributed by atoms with E-state index in [0.717, 1.165) is 16.6 Å². The Kier molecular flexibility index (Phi) is 3.66. The van der Waals surface area contributed by atoms with Crippen molar-refractivity contribution in [2.75, 3.05) is 0 Å². The van der Waals surface area contributed by atoms with Crippen LogP contribution in [0.5, 0.6) is 0 Å². The van der Waals surface area contributed by atoms with Gasteiger partial charge in [-0.3, -0.25) is 0 Å². The van der Waals surface area contributed by atoms with Gasteiger partial charge in [-0.2, -0.15) is 0 Å². The van der Waals surface area contributed by atoms with Crippen molar-refractivity contribution in [3.05, 3.63) is 57.7 Å². The predicted molar refractivity (Wildman–Crippen MR) is 83.9 cm³/mol. The molecule has 2 aromatic carbocycles. The fourth-order valence-corrected chi connectivity index (χ4v) is 2.77. The van der Waals surface area contributed by atoms with Crippen molar-refractivity contribution in [2.24, 2.45) is 10.2 Å². The average Bonchev–Trinajstić information content (AvgIpc) is 2.81. The molecule has 0 unspecified atom stereocenters. The number of azo groups is 1. The van der Waals surface area contributed by atoms with E-state index in [0.29, 0.717) is 20.8 Å². The number of para-hydroxylation sites is 1. The Bertz CT molecular complexity index is 785. The first-order valence-corrected chi connectivity index (χ1v) is 6.91. The van der Waals surface area contributed by atoms with Crippen molar-refractivity contribution in [3.63, 3.8) is 0 Å². The van der Waals surface area contributed by atoms with Gasteiger partial charge in [-0.25, -0.2) is 0 Å². The highest BCUT2D eigenvalue weighted by atomic mass is 35.5. The van der Waals surface area contributed by atoms with Crippen LogP contribution in [0.1, 0.15) is 0 Å². The van der Waals surface area contributed by atoms with E-state index in [4.69, 9.17) is 34.8 Å². The van der Waals surface area contributed by atoms with Gasteiger partial charge in [-0.05, 0) is 18.2 Å². The van der Waals surface area contributed by atoms with E-state index < -0.39 is 0 Å². The second-order valence-corrected chi connectivity index (χ2v) is 5.39. The van der Waals surface area contributed by atoms with Gasteiger partial charge in [-0.1, -0.05) is 53.0 Å². The molecule has 3 nitrogen and oxygen atoms in total. The maximum atomic E-state index is 6.06. The second-order valence-electron chi connectivity index (χ2n) is 4.14. The maximum absolute atomic E-state index is 6.06. The second kappa shape index (κ2) is 5.44. The van der Waals surface area contributed by atoms with Crippen molar-refractivity contribution in [1.82, 2.24) is 4.98 Å². The molecule has 1 N–H and O–H groups in total. The monoisotopic (exact) mass is 323 g/mol. The summed E-state index contributed by atoms with van der Waals surface area (Å²) in [6.07, 6.45) is 1.78. The highest BCUT2D eigenvalue weighted by molar-refractivity contribution is 6.41. The standard InChI is InChI=1S/C14H8Cl3N3/c15-8-5-10(16)14(11(17)6-8)20-19-13-7-18-12-4-2-1-3-9(12)13/h1-7,18H. The molecule has 6 heteroatoms. The molecule has 3 aromatic rings. The Morgan fingerprint density at radius 1 is 0.900 bits per heavy atom. The molecular weight excluding hydrogens is 317 g/mol. The van der Waals surface area contributed by atoms with Crippen LogP contribution in [0.25, 0.3) is 10.9 Å². The summed E-state index contributed by atoms with van der Waals surface area (Å²) in [4.78, 5) is 3.12. The normalized spacial score (nSPS) is 11.6. The molecule has 0 aliphatic heterocycles. The lowest BCUT2D eigenvalue weighted by Gasteiger charge is -2.00. The highest BCUT2D eigenvalue weighted by Crippen LogP contribution is 2.37. The SMILES string of the molecule is Clc1cc(Cl)c(N=Nc2c[nH]c3ccccc23)c(Cl)c1. The van der Waals surface area contributed by atoms with E-state index in [1.165, 1.54) is 0 Å². The van der Waals surface area contributed by atoms with E-state index in [1.807, 2.05) is 24.3 Å². The Balaban J connectivity index is 2.03. The van der Waals surface area contributed by atoms with Gasteiger partial charge in [-0.15, -0.1) is 10.2 Å². The van der Waals surface area contributed by atoms with Crippen LogP contribution < -0.4 is 0 Å². The van der Waals surface area contributed by atoms with Crippen molar-refractivity contribution in [3.8, 4) is 0 Å². The van der Waals surface area contributed by atoms with Crippen LogP contribution in [0, 0.1) is 0 Å². The molecule has 100 valence electrons. The zero-order valence-electron chi connectivity index (χ0n) is 10.1. The smallest absolute Gasteiger partial charge is 0.123 e.